The van der Waals surface area contributed by atoms with Crippen molar-refractivity contribution in [2.24, 2.45) is 0 Å². The number of alkyl halides is 2. The number of Topliss-reactive ketones (excluding diaryl/α,β-unsaturated/α-hetero) is 1. The van der Waals surface area contributed by atoms with E-state index in [1.807, 2.05) is 0 Å². The first-order chi connectivity index (χ1) is 7.51. The zero-order valence-electron chi connectivity index (χ0n) is 8.59. The lowest BCUT2D eigenvalue weighted by molar-refractivity contribution is 0.0677. The molecule has 0 saturated carbocycles. The van der Waals surface area contributed by atoms with Crippen LogP contribution in [0.3, 0.4) is 0 Å². The van der Waals surface area contributed by atoms with Crippen LogP contribution in [0.15, 0.2) is 16.6 Å². The van der Waals surface area contributed by atoms with Crippen molar-refractivity contribution in [3.05, 3.63) is 22.2 Å². The van der Waals surface area contributed by atoms with Gasteiger partial charge in [0.2, 0.25) is 5.78 Å². The predicted octanol–water partition coefficient (Wildman–Crippen LogP) is 2.91. The molecular weight excluding hydrogens is 286 g/mol. The van der Waals surface area contributed by atoms with Crippen molar-refractivity contribution in [1.82, 2.24) is 0 Å². The number of carbonyl (C=O) groups is 1. The summed E-state index contributed by atoms with van der Waals surface area (Å²) in [6.07, 6.45) is -3.05. The van der Waals surface area contributed by atoms with Gasteiger partial charge >= 0.3 is 6.43 Å². The second kappa shape index (κ2) is 5.25. The van der Waals surface area contributed by atoms with E-state index in [9.17, 15) is 13.6 Å². The van der Waals surface area contributed by atoms with Gasteiger partial charge < -0.3 is 9.47 Å². The molecule has 0 aromatic heterocycles. The van der Waals surface area contributed by atoms with Crippen molar-refractivity contribution in [3.63, 3.8) is 0 Å². The van der Waals surface area contributed by atoms with Crippen LogP contribution in [0.4, 0.5) is 8.78 Å². The molecule has 16 heavy (non-hydrogen) atoms. The summed E-state index contributed by atoms with van der Waals surface area (Å²) in [6.45, 7) is 0. The third kappa shape index (κ3) is 2.49. The average Bonchev–Trinajstić information content (AvgIpc) is 2.27. The van der Waals surface area contributed by atoms with Crippen LogP contribution >= 0.6 is 15.9 Å². The molecule has 0 amide bonds. The number of carbonyl (C=O) groups excluding carboxylic acids is 1. The minimum atomic E-state index is -3.05. The maximum atomic E-state index is 12.3. The van der Waals surface area contributed by atoms with Gasteiger partial charge in [0.15, 0.2) is 11.5 Å². The molecule has 0 fully saturated rings. The summed E-state index contributed by atoms with van der Waals surface area (Å²) >= 11 is 3.03. The number of halogens is 3. The third-order valence-electron chi connectivity index (χ3n) is 1.94. The lowest BCUT2D eigenvalue weighted by Crippen LogP contribution is -2.11. The first-order valence-corrected chi connectivity index (χ1v) is 5.04. The molecule has 0 radical (unpaired) electrons. The Morgan fingerprint density at radius 3 is 2.19 bits per heavy atom. The molecule has 1 aromatic carbocycles. The second-order valence-corrected chi connectivity index (χ2v) is 3.71. The van der Waals surface area contributed by atoms with Gasteiger partial charge in [-0.15, -0.1) is 0 Å². The highest BCUT2D eigenvalue weighted by Gasteiger charge is 2.22. The molecule has 3 nitrogen and oxygen atoms in total. The number of ether oxygens (including phenoxy) is 2. The van der Waals surface area contributed by atoms with E-state index in [1.165, 1.54) is 26.4 Å². The van der Waals surface area contributed by atoms with E-state index in [0.717, 1.165) is 0 Å². The van der Waals surface area contributed by atoms with Crippen LogP contribution in [0, 0.1) is 0 Å². The van der Waals surface area contributed by atoms with E-state index in [2.05, 4.69) is 15.9 Å². The van der Waals surface area contributed by atoms with Gasteiger partial charge in [-0.25, -0.2) is 8.78 Å². The van der Waals surface area contributed by atoms with Gasteiger partial charge in [0.1, 0.15) is 0 Å². The van der Waals surface area contributed by atoms with Crippen molar-refractivity contribution in [1.29, 1.82) is 0 Å². The minimum Gasteiger partial charge on any atom is -0.493 e. The molecule has 0 N–H and O–H groups in total. The fourth-order valence-corrected chi connectivity index (χ4v) is 1.68. The zero-order valence-corrected chi connectivity index (χ0v) is 10.2. The van der Waals surface area contributed by atoms with Gasteiger partial charge in [-0.05, 0) is 28.1 Å². The SMILES string of the molecule is COc1cc(Br)c(C(=O)C(F)F)cc1OC. The van der Waals surface area contributed by atoms with Gasteiger partial charge in [-0.1, -0.05) is 0 Å². The number of benzene rings is 1. The topological polar surface area (TPSA) is 35.5 Å². The highest BCUT2D eigenvalue weighted by Crippen LogP contribution is 2.34. The van der Waals surface area contributed by atoms with E-state index >= 15 is 0 Å². The quantitative estimate of drug-likeness (QED) is 0.801. The molecule has 0 spiro atoms. The Morgan fingerprint density at radius 2 is 1.75 bits per heavy atom. The lowest BCUT2D eigenvalue weighted by Gasteiger charge is -2.10. The monoisotopic (exact) mass is 294 g/mol. The molecule has 0 unspecified atom stereocenters. The molecule has 0 saturated heterocycles. The van der Waals surface area contributed by atoms with Gasteiger partial charge in [0.25, 0.3) is 0 Å². The maximum absolute atomic E-state index is 12.3. The van der Waals surface area contributed by atoms with Crippen LogP contribution in [-0.4, -0.2) is 26.4 Å². The number of hydrogen-bond donors (Lipinski definition) is 0. The Kier molecular flexibility index (Phi) is 4.23. The van der Waals surface area contributed by atoms with E-state index in [0.29, 0.717) is 5.75 Å². The third-order valence-corrected chi connectivity index (χ3v) is 2.59. The van der Waals surface area contributed by atoms with E-state index in [4.69, 9.17) is 9.47 Å². The van der Waals surface area contributed by atoms with Crippen molar-refractivity contribution < 1.29 is 23.0 Å². The summed E-state index contributed by atoms with van der Waals surface area (Å²) in [5.74, 6) is -0.664. The molecule has 1 aromatic rings. The summed E-state index contributed by atoms with van der Waals surface area (Å²) in [5.41, 5.74) is -0.132. The molecule has 0 heterocycles. The summed E-state index contributed by atoms with van der Waals surface area (Å²) in [5, 5.41) is 0. The van der Waals surface area contributed by atoms with E-state index in [1.54, 1.807) is 0 Å². The highest BCUT2D eigenvalue weighted by molar-refractivity contribution is 9.10. The molecular formula is C10H9BrF2O3. The Hall–Kier alpha value is -1.17. The standard InChI is InChI=1S/C10H9BrF2O3/c1-15-7-3-5(9(14)10(12)13)6(11)4-8(7)16-2/h3-4,10H,1-2H3. The van der Waals surface area contributed by atoms with Crippen molar-refractivity contribution in [3.8, 4) is 11.5 Å². The molecule has 1 rings (SSSR count). The number of rotatable bonds is 4. The van der Waals surface area contributed by atoms with Crippen LogP contribution in [0.25, 0.3) is 0 Å². The predicted molar refractivity (Wildman–Crippen MR) is 57.6 cm³/mol. The molecule has 0 aliphatic rings. The van der Waals surface area contributed by atoms with Gasteiger partial charge in [0.05, 0.1) is 14.2 Å². The zero-order chi connectivity index (χ0) is 12.3. The molecule has 0 atom stereocenters. The Morgan fingerprint density at radius 1 is 1.25 bits per heavy atom. The van der Waals surface area contributed by atoms with Crippen LogP contribution in [0.2, 0.25) is 0 Å². The lowest BCUT2D eigenvalue weighted by atomic mass is 10.1. The van der Waals surface area contributed by atoms with Gasteiger partial charge in [-0.3, -0.25) is 4.79 Å². The number of ketones is 1. The molecule has 0 aliphatic carbocycles. The summed E-state index contributed by atoms with van der Waals surface area (Å²) in [4.78, 5) is 11.2. The average molecular weight is 295 g/mol. The van der Waals surface area contributed by atoms with E-state index in [-0.39, 0.29) is 15.8 Å². The fourth-order valence-electron chi connectivity index (χ4n) is 1.16. The Labute approximate surface area is 99.5 Å². The first kappa shape index (κ1) is 12.9. The van der Waals surface area contributed by atoms with Crippen LogP contribution in [-0.2, 0) is 0 Å². The highest BCUT2D eigenvalue weighted by atomic mass is 79.9. The number of methoxy groups -OCH3 is 2. The molecule has 0 bridgehead atoms. The Balaban J connectivity index is 3.26. The van der Waals surface area contributed by atoms with Gasteiger partial charge in [0, 0.05) is 10.0 Å². The van der Waals surface area contributed by atoms with Crippen LogP contribution in [0.5, 0.6) is 11.5 Å². The summed E-state index contributed by atoms with van der Waals surface area (Å²) in [7, 11) is 2.78. The largest absolute Gasteiger partial charge is 0.493 e. The normalized spacial score (nSPS) is 10.4. The van der Waals surface area contributed by atoms with Crippen molar-refractivity contribution in [2.75, 3.05) is 14.2 Å². The second-order valence-electron chi connectivity index (χ2n) is 2.85. The summed E-state index contributed by atoms with van der Waals surface area (Å²) in [6, 6.07) is 2.63. The molecule has 88 valence electrons. The maximum Gasteiger partial charge on any atom is 0.300 e. The van der Waals surface area contributed by atoms with Gasteiger partial charge in [-0.2, -0.15) is 0 Å². The molecule has 0 aliphatic heterocycles. The van der Waals surface area contributed by atoms with Crippen LogP contribution in [0.1, 0.15) is 10.4 Å². The fraction of sp³-hybridized carbons (Fsp3) is 0.300. The Bertz CT molecular complexity index is 407. The minimum absolute atomic E-state index is 0.132. The molecule has 6 heteroatoms. The van der Waals surface area contributed by atoms with E-state index < -0.39 is 12.2 Å². The first-order valence-electron chi connectivity index (χ1n) is 4.25. The van der Waals surface area contributed by atoms with Crippen LogP contribution < -0.4 is 9.47 Å². The smallest absolute Gasteiger partial charge is 0.300 e. The summed E-state index contributed by atoms with van der Waals surface area (Å²) < 4.78 is 34.7. The van der Waals surface area contributed by atoms with Crippen molar-refractivity contribution in [2.45, 2.75) is 6.43 Å². The number of hydrogen-bond acceptors (Lipinski definition) is 3. The van der Waals surface area contributed by atoms with Crippen molar-refractivity contribution >= 4 is 21.7 Å².